The fourth-order valence-electron chi connectivity index (χ4n) is 2.76. The second-order valence-corrected chi connectivity index (χ2v) is 5.52. The number of carbonyl (C=O) groups excluding carboxylic acids is 2. The normalized spacial score (nSPS) is 17.6. The third kappa shape index (κ3) is 3.55. The molecule has 1 aromatic rings. The Hall–Kier alpha value is -2.55. The maximum atomic E-state index is 11.7. The van der Waals surface area contributed by atoms with E-state index >= 15 is 0 Å². The minimum Gasteiger partial charge on any atom is -0.367 e. The zero-order valence-corrected chi connectivity index (χ0v) is 12.6. The molecule has 1 aliphatic rings. The van der Waals surface area contributed by atoms with Gasteiger partial charge in [-0.2, -0.15) is 5.26 Å². The molecule has 2 amide bonds. The Balaban J connectivity index is 2.36. The minimum atomic E-state index is -0.547. The molecule has 22 heavy (non-hydrogen) atoms. The van der Waals surface area contributed by atoms with E-state index in [9.17, 15) is 9.59 Å². The van der Waals surface area contributed by atoms with E-state index in [1.54, 1.807) is 12.1 Å². The molecule has 1 fully saturated rings. The highest BCUT2D eigenvalue weighted by Gasteiger charge is 2.22. The van der Waals surface area contributed by atoms with Gasteiger partial charge in [0.25, 0.3) is 0 Å². The van der Waals surface area contributed by atoms with Gasteiger partial charge in [-0.25, -0.2) is 0 Å². The van der Waals surface area contributed by atoms with Crippen LogP contribution in [0.5, 0.6) is 0 Å². The van der Waals surface area contributed by atoms with Crippen LogP contribution in [-0.4, -0.2) is 24.4 Å². The van der Waals surface area contributed by atoms with E-state index in [2.05, 4.69) is 17.1 Å². The molecule has 0 bridgehead atoms. The molecule has 1 heterocycles. The summed E-state index contributed by atoms with van der Waals surface area (Å²) in [6.07, 6.45) is 3.14. The van der Waals surface area contributed by atoms with Crippen LogP contribution in [0.15, 0.2) is 18.2 Å². The molecule has 1 aromatic carbocycles. The third-order valence-electron chi connectivity index (χ3n) is 3.91. The van der Waals surface area contributed by atoms with Gasteiger partial charge in [0.05, 0.1) is 17.4 Å². The van der Waals surface area contributed by atoms with Crippen molar-refractivity contribution in [2.24, 2.45) is 5.73 Å². The average Bonchev–Trinajstić information content (AvgIpc) is 2.48. The van der Waals surface area contributed by atoms with Crippen molar-refractivity contribution in [2.75, 3.05) is 16.8 Å². The molecule has 0 aromatic heterocycles. The van der Waals surface area contributed by atoms with Crippen molar-refractivity contribution in [3.63, 3.8) is 0 Å². The zero-order chi connectivity index (χ0) is 16.1. The van der Waals surface area contributed by atoms with Crippen LogP contribution in [0.25, 0.3) is 0 Å². The minimum absolute atomic E-state index is 0.226. The number of piperidine rings is 1. The molecule has 0 spiro atoms. The van der Waals surface area contributed by atoms with Crippen LogP contribution in [-0.2, 0) is 4.79 Å². The largest absolute Gasteiger partial charge is 0.367 e. The van der Waals surface area contributed by atoms with Crippen LogP contribution in [0.2, 0.25) is 0 Å². The van der Waals surface area contributed by atoms with Crippen molar-refractivity contribution < 1.29 is 9.59 Å². The van der Waals surface area contributed by atoms with Crippen molar-refractivity contribution in [3.05, 3.63) is 23.8 Å². The van der Waals surface area contributed by atoms with Crippen LogP contribution in [0.3, 0.4) is 0 Å². The van der Waals surface area contributed by atoms with E-state index < -0.39 is 11.8 Å². The topological polar surface area (TPSA) is 99.2 Å². The number of primary amides is 1. The number of rotatable bonds is 4. The van der Waals surface area contributed by atoms with E-state index in [-0.39, 0.29) is 6.42 Å². The van der Waals surface area contributed by atoms with E-state index in [4.69, 9.17) is 11.0 Å². The number of nitrogens with zero attached hydrogens (tertiary/aromatic N) is 2. The number of anilines is 2. The first-order valence-electron chi connectivity index (χ1n) is 7.40. The number of hydrogen-bond donors (Lipinski definition) is 2. The Morgan fingerprint density at radius 3 is 2.86 bits per heavy atom. The standard InChI is InChI=1S/C16H20N4O2/c1-11-4-2-3-9-20(11)14-6-5-12(16(18)22)10-13(14)19-15(21)7-8-17/h5-6,10-11H,2-4,7,9H2,1H3,(H2,18,22)(H,19,21). The fourth-order valence-corrected chi connectivity index (χ4v) is 2.76. The molecule has 1 atom stereocenters. The van der Waals surface area contributed by atoms with Crippen LogP contribution < -0.4 is 16.0 Å². The monoisotopic (exact) mass is 300 g/mol. The molecule has 1 saturated heterocycles. The maximum Gasteiger partial charge on any atom is 0.248 e. The predicted octanol–water partition coefficient (Wildman–Crippen LogP) is 2.02. The van der Waals surface area contributed by atoms with Crippen molar-refractivity contribution in [2.45, 2.75) is 38.6 Å². The molecule has 6 heteroatoms. The van der Waals surface area contributed by atoms with Crippen molar-refractivity contribution in [3.8, 4) is 6.07 Å². The number of hydrogen-bond acceptors (Lipinski definition) is 4. The zero-order valence-electron chi connectivity index (χ0n) is 12.6. The molecular weight excluding hydrogens is 280 g/mol. The molecule has 0 aliphatic carbocycles. The third-order valence-corrected chi connectivity index (χ3v) is 3.91. The van der Waals surface area contributed by atoms with Gasteiger partial charge in [0.15, 0.2) is 0 Å². The van der Waals surface area contributed by atoms with E-state index in [0.29, 0.717) is 17.3 Å². The molecule has 0 radical (unpaired) electrons. The van der Waals surface area contributed by atoms with Gasteiger partial charge in [0.1, 0.15) is 6.42 Å². The molecule has 116 valence electrons. The Morgan fingerprint density at radius 2 is 2.23 bits per heavy atom. The Morgan fingerprint density at radius 1 is 1.45 bits per heavy atom. The summed E-state index contributed by atoms with van der Waals surface area (Å²) in [6.45, 7) is 3.04. The van der Waals surface area contributed by atoms with Crippen LogP contribution in [0.4, 0.5) is 11.4 Å². The highest BCUT2D eigenvalue weighted by Crippen LogP contribution is 2.32. The highest BCUT2D eigenvalue weighted by atomic mass is 16.2. The summed E-state index contributed by atoms with van der Waals surface area (Å²) in [6, 6.07) is 7.23. The fraction of sp³-hybridized carbons (Fsp3) is 0.438. The van der Waals surface area contributed by atoms with Crippen LogP contribution in [0.1, 0.15) is 43.0 Å². The average molecular weight is 300 g/mol. The lowest BCUT2D eigenvalue weighted by atomic mass is 10.0. The second-order valence-electron chi connectivity index (χ2n) is 5.52. The maximum absolute atomic E-state index is 11.7. The van der Waals surface area contributed by atoms with Gasteiger partial charge < -0.3 is 16.0 Å². The van der Waals surface area contributed by atoms with Crippen LogP contribution in [0, 0.1) is 11.3 Å². The van der Waals surface area contributed by atoms with E-state index in [1.807, 2.05) is 12.1 Å². The number of benzene rings is 1. The number of nitrogens with two attached hydrogens (primary N) is 1. The summed E-state index contributed by atoms with van der Waals surface area (Å²) in [4.78, 5) is 25.3. The SMILES string of the molecule is CC1CCCCN1c1ccc(C(N)=O)cc1NC(=O)CC#N. The summed E-state index contributed by atoms with van der Waals surface area (Å²) >= 11 is 0. The highest BCUT2D eigenvalue weighted by molar-refractivity contribution is 5.99. The van der Waals surface area contributed by atoms with Crippen LogP contribution >= 0.6 is 0 Å². The Bertz CT molecular complexity index is 621. The first-order valence-corrected chi connectivity index (χ1v) is 7.40. The molecule has 0 saturated carbocycles. The molecule has 2 rings (SSSR count). The predicted molar refractivity (Wildman–Crippen MR) is 84.5 cm³/mol. The second kappa shape index (κ2) is 6.94. The number of amides is 2. The number of carbonyl (C=O) groups is 2. The smallest absolute Gasteiger partial charge is 0.248 e. The number of nitriles is 1. The first kappa shape index (κ1) is 15.8. The van der Waals surface area contributed by atoms with Gasteiger partial charge in [-0.05, 0) is 44.4 Å². The van der Waals surface area contributed by atoms with Crippen molar-refractivity contribution in [1.82, 2.24) is 0 Å². The first-order chi connectivity index (χ1) is 10.5. The van der Waals surface area contributed by atoms with Crippen molar-refractivity contribution in [1.29, 1.82) is 5.26 Å². The summed E-state index contributed by atoms with van der Waals surface area (Å²) in [5, 5.41) is 11.3. The van der Waals surface area contributed by atoms with E-state index in [1.165, 1.54) is 6.42 Å². The molecule has 1 aliphatic heterocycles. The molecule has 1 unspecified atom stereocenters. The van der Waals surface area contributed by atoms with Crippen molar-refractivity contribution >= 4 is 23.2 Å². The molecule has 3 N–H and O–H groups in total. The summed E-state index contributed by atoms with van der Waals surface area (Å²) in [5.41, 5.74) is 7.04. The van der Waals surface area contributed by atoms with Gasteiger partial charge >= 0.3 is 0 Å². The summed E-state index contributed by atoms with van der Waals surface area (Å²) in [5.74, 6) is -0.941. The lowest BCUT2D eigenvalue weighted by molar-refractivity contribution is -0.115. The summed E-state index contributed by atoms with van der Waals surface area (Å²) < 4.78 is 0. The lowest BCUT2D eigenvalue weighted by Gasteiger charge is -2.36. The van der Waals surface area contributed by atoms with E-state index in [0.717, 1.165) is 25.1 Å². The van der Waals surface area contributed by atoms with Gasteiger partial charge in [-0.15, -0.1) is 0 Å². The summed E-state index contributed by atoms with van der Waals surface area (Å²) in [7, 11) is 0. The van der Waals surface area contributed by atoms with Gasteiger partial charge in [-0.3, -0.25) is 9.59 Å². The van der Waals surface area contributed by atoms with Gasteiger partial charge in [-0.1, -0.05) is 0 Å². The Labute approximate surface area is 129 Å². The molecular formula is C16H20N4O2. The quantitative estimate of drug-likeness (QED) is 0.888. The van der Waals surface area contributed by atoms with Gasteiger partial charge in [0, 0.05) is 18.2 Å². The number of nitrogens with one attached hydrogen (secondary N) is 1. The Kier molecular flexibility index (Phi) is 4.99. The lowest BCUT2D eigenvalue weighted by Crippen LogP contribution is -2.38. The molecule has 6 nitrogen and oxygen atoms in total. The van der Waals surface area contributed by atoms with Gasteiger partial charge in [0.2, 0.25) is 11.8 Å².